The highest BCUT2D eigenvalue weighted by atomic mass is 16.3. The Labute approximate surface area is 114 Å². The van der Waals surface area contributed by atoms with E-state index in [1.54, 1.807) is 0 Å². The number of carbonyl (C=O) groups is 1. The molecule has 0 spiro atoms. The molecule has 1 aliphatic heterocycles. The van der Waals surface area contributed by atoms with E-state index in [4.69, 9.17) is 5.11 Å². The first-order chi connectivity index (χ1) is 9.14. The summed E-state index contributed by atoms with van der Waals surface area (Å²) in [5.74, 6) is 0.106. The molecule has 1 fully saturated rings. The Hall–Kier alpha value is -1.39. The van der Waals surface area contributed by atoms with E-state index in [2.05, 4.69) is 10.6 Å². The summed E-state index contributed by atoms with van der Waals surface area (Å²) in [4.78, 5) is 12.2. The van der Waals surface area contributed by atoms with E-state index in [9.17, 15) is 4.79 Å². The molecule has 1 aromatic carbocycles. The summed E-state index contributed by atoms with van der Waals surface area (Å²) in [6, 6.07) is 7.65. The van der Waals surface area contributed by atoms with Crippen LogP contribution in [-0.4, -0.2) is 24.1 Å². The van der Waals surface area contributed by atoms with E-state index >= 15 is 0 Å². The fraction of sp³-hybridized carbons (Fsp3) is 0.533. The van der Waals surface area contributed by atoms with Gasteiger partial charge in [-0.05, 0) is 37.4 Å². The summed E-state index contributed by atoms with van der Waals surface area (Å²) < 4.78 is 0. The minimum atomic E-state index is -0.299. The zero-order chi connectivity index (χ0) is 13.7. The zero-order valence-corrected chi connectivity index (χ0v) is 11.4. The first kappa shape index (κ1) is 14.0. The molecule has 4 nitrogen and oxygen atoms in total. The van der Waals surface area contributed by atoms with Gasteiger partial charge >= 0.3 is 0 Å². The van der Waals surface area contributed by atoms with Crippen LogP contribution in [0.1, 0.15) is 30.9 Å². The van der Waals surface area contributed by atoms with Gasteiger partial charge in [0.2, 0.25) is 5.91 Å². The highest BCUT2D eigenvalue weighted by Gasteiger charge is 2.34. The van der Waals surface area contributed by atoms with E-state index in [0.717, 1.165) is 37.1 Å². The maximum absolute atomic E-state index is 12.2. The molecule has 0 radical (unpaired) electrons. The lowest BCUT2D eigenvalue weighted by atomic mass is 9.82. The molecule has 3 N–H and O–H groups in total. The topological polar surface area (TPSA) is 61.4 Å². The molecule has 1 aromatic rings. The number of aliphatic hydroxyl groups excluding tert-OH is 1. The van der Waals surface area contributed by atoms with Crippen LogP contribution in [-0.2, 0) is 17.9 Å². The van der Waals surface area contributed by atoms with E-state index in [1.165, 1.54) is 0 Å². The number of piperidine rings is 1. The lowest BCUT2D eigenvalue weighted by Crippen LogP contribution is -2.48. The molecule has 1 saturated heterocycles. The number of hydrogen-bond acceptors (Lipinski definition) is 3. The van der Waals surface area contributed by atoms with E-state index in [-0.39, 0.29) is 17.9 Å². The van der Waals surface area contributed by atoms with E-state index in [1.807, 2.05) is 31.2 Å². The Kier molecular flexibility index (Phi) is 4.56. The molecule has 0 saturated carbocycles. The van der Waals surface area contributed by atoms with Crippen LogP contribution in [0.2, 0.25) is 0 Å². The van der Waals surface area contributed by atoms with Gasteiger partial charge in [0.25, 0.3) is 0 Å². The van der Waals surface area contributed by atoms with Gasteiger partial charge in [-0.1, -0.05) is 24.3 Å². The van der Waals surface area contributed by atoms with Crippen LogP contribution in [0, 0.1) is 5.41 Å². The van der Waals surface area contributed by atoms with Crippen LogP contribution in [0.25, 0.3) is 0 Å². The van der Waals surface area contributed by atoms with E-state index in [0.29, 0.717) is 6.54 Å². The van der Waals surface area contributed by atoms with E-state index < -0.39 is 0 Å². The van der Waals surface area contributed by atoms with Crippen molar-refractivity contribution in [3.8, 4) is 0 Å². The average molecular weight is 262 g/mol. The normalized spacial score (nSPS) is 23.1. The van der Waals surface area contributed by atoms with Gasteiger partial charge in [-0.3, -0.25) is 4.79 Å². The lowest BCUT2D eigenvalue weighted by molar-refractivity contribution is -0.131. The van der Waals surface area contributed by atoms with Gasteiger partial charge in [-0.2, -0.15) is 0 Å². The summed E-state index contributed by atoms with van der Waals surface area (Å²) in [6.07, 6.45) is 1.98. The number of carbonyl (C=O) groups excluding carboxylic acids is 1. The molecule has 19 heavy (non-hydrogen) atoms. The lowest BCUT2D eigenvalue weighted by Gasteiger charge is -2.32. The average Bonchev–Trinajstić information content (AvgIpc) is 2.45. The second kappa shape index (κ2) is 6.17. The van der Waals surface area contributed by atoms with Crippen LogP contribution < -0.4 is 10.6 Å². The summed E-state index contributed by atoms with van der Waals surface area (Å²) >= 11 is 0. The third kappa shape index (κ3) is 3.55. The smallest absolute Gasteiger partial charge is 0.227 e. The number of benzene rings is 1. The first-order valence-corrected chi connectivity index (χ1v) is 6.82. The van der Waals surface area contributed by atoms with Crippen molar-refractivity contribution in [2.75, 3.05) is 13.1 Å². The first-order valence-electron chi connectivity index (χ1n) is 6.82. The van der Waals surface area contributed by atoms with Crippen molar-refractivity contribution in [2.24, 2.45) is 5.41 Å². The molecular formula is C15H22N2O2. The predicted octanol–water partition coefficient (Wildman–Crippen LogP) is 1.18. The van der Waals surface area contributed by atoms with Crippen molar-refractivity contribution in [1.82, 2.24) is 10.6 Å². The molecule has 1 unspecified atom stereocenters. The molecular weight excluding hydrogens is 240 g/mol. The molecule has 1 atom stereocenters. The highest BCUT2D eigenvalue weighted by molar-refractivity contribution is 5.82. The third-order valence-electron chi connectivity index (χ3n) is 3.77. The SMILES string of the molecule is CC1(C(=O)NCc2cccc(CO)c2)CCCNC1. The Morgan fingerprint density at radius 1 is 1.47 bits per heavy atom. The highest BCUT2D eigenvalue weighted by Crippen LogP contribution is 2.25. The number of amides is 1. The zero-order valence-electron chi connectivity index (χ0n) is 11.4. The molecule has 0 aromatic heterocycles. The van der Waals surface area contributed by atoms with Crippen LogP contribution in [0.3, 0.4) is 0 Å². The van der Waals surface area contributed by atoms with Crippen molar-refractivity contribution in [2.45, 2.75) is 32.9 Å². The molecule has 1 aliphatic rings. The van der Waals surface area contributed by atoms with Gasteiger partial charge in [-0.15, -0.1) is 0 Å². The Morgan fingerprint density at radius 2 is 2.26 bits per heavy atom. The quantitative estimate of drug-likeness (QED) is 0.763. The van der Waals surface area contributed by atoms with Crippen molar-refractivity contribution in [3.05, 3.63) is 35.4 Å². The van der Waals surface area contributed by atoms with Crippen molar-refractivity contribution < 1.29 is 9.90 Å². The maximum Gasteiger partial charge on any atom is 0.227 e. The van der Waals surface area contributed by atoms with Gasteiger partial charge in [-0.25, -0.2) is 0 Å². The minimum Gasteiger partial charge on any atom is -0.392 e. The molecule has 0 bridgehead atoms. The largest absolute Gasteiger partial charge is 0.392 e. The Bertz CT molecular complexity index is 440. The summed E-state index contributed by atoms with van der Waals surface area (Å²) in [5.41, 5.74) is 1.59. The Balaban J connectivity index is 1.92. The second-order valence-electron chi connectivity index (χ2n) is 5.50. The number of rotatable bonds is 4. The third-order valence-corrected chi connectivity index (χ3v) is 3.77. The summed E-state index contributed by atoms with van der Waals surface area (Å²) in [6.45, 7) is 4.31. The standard InChI is InChI=1S/C15H22N2O2/c1-15(6-3-7-16-11-15)14(19)17-9-12-4-2-5-13(8-12)10-18/h2,4-5,8,16,18H,3,6-7,9-11H2,1H3,(H,17,19). The summed E-state index contributed by atoms with van der Waals surface area (Å²) in [7, 11) is 0. The maximum atomic E-state index is 12.2. The summed E-state index contributed by atoms with van der Waals surface area (Å²) in [5, 5.41) is 15.4. The molecule has 104 valence electrons. The van der Waals surface area contributed by atoms with Crippen molar-refractivity contribution >= 4 is 5.91 Å². The number of aliphatic hydroxyl groups is 1. The molecule has 4 heteroatoms. The number of nitrogens with one attached hydrogen (secondary N) is 2. The van der Waals surface area contributed by atoms with Gasteiger partial charge in [0.1, 0.15) is 0 Å². The van der Waals surface area contributed by atoms with Crippen LogP contribution >= 0.6 is 0 Å². The monoisotopic (exact) mass is 262 g/mol. The fourth-order valence-corrected chi connectivity index (χ4v) is 2.48. The number of hydrogen-bond donors (Lipinski definition) is 3. The Morgan fingerprint density at radius 3 is 2.95 bits per heavy atom. The molecule has 2 rings (SSSR count). The second-order valence-corrected chi connectivity index (χ2v) is 5.50. The van der Waals surface area contributed by atoms with Crippen molar-refractivity contribution in [3.63, 3.8) is 0 Å². The predicted molar refractivity (Wildman–Crippen MR) is 74.4 cm³/mol. The van der Waals surface area contributed by atoms with Crippen molar-refractivity contribution in [1.29, 1.82) is 0 Å². The molecule has 1 amide bonds. The van der Waals surface area contributed by atoms with Crippen LogP contribution in [0.5, 0.6) is 0 Å². The van der Waals surface area contributed by atoms with Crippen LogP contribution in [0.4, 0.5) is 0 Å². The fourth-order valence-electron chi connectivity index (χ4n) is 2.48. The van der Waals surface area contributed by atoms with Gasteiger partial charge < -0.3 is 15.7 Å². The van der Waals surface area contributed by atoms with Gasteiger partial charge in [0, 0.05) is 13.1 Å². The molecule has 1 heterocycles. The van der Waals surface area contributed by atoms with Crippen LogP contribution in [0.15, 0.2) is 24.3 Å². The minimum absolute atomic E-state index is 0.0312. The van der Waals surface area contributed by atoms with Gasteiger partial charge in [0.15, 0.2) is 0 Å². The van der Waals surface area contributed by atoms with Gasteiger partial charge in [0.05, 0.1) is 12.0 Å². The molecule has 0 aliphatic carbocycles.